The molecule has 1 aliphatic rings. The normalized spacial score (nSPS) is 18.0. The first-order valence-electron chi connectivity index (χ1n) is 5.61. The lowest BCUT2D eigenvalue weighted by Crippen LogP contribution is -2.50. The first-order valence-corrected chi connectivity index (χ1v) is 6.49. The molecule has 2 rings (SSSR count). The van der Waals surface area contributed by atoms with Gasteiger partial charge in [0.05, 0.1) is 12.6 Å². The number of nitrogens with zero attached hydrogens (tertiary/aromatic N) is 1. The van der Waals surface area contributed by atoms with Crippen LogP contribution in [0.2, 0.25) is 0 Å². The fourth-order valence-corrected chi connectivity index (χ4v) is 2.74. The highest BCUT2D eigenvalue weighted by Gasteiger charge is 2.31. The second-order valence-corrected chi connectivity index (χ2v) is 4.86. The smallest absolute Gasteiger partial charge is 0.441 e. The quantitative estimate of drug-likeness (QED) is 0.622. The second kappa shape index (κ2) is 5.47. The lowest BCUT2D eigenvalue weighted by atomic mass is 10.0. The van der Waals surface area contributed by atoms with Crippen molar-refractivity contribution in [2.45, 2.75) is 25.9 Å². The SMILES string of the molecule is CCOC(=O)N(O)C(=O)C1Cc2sccc2CN1. The molecular formula is C11H14N2O4S. The minimum atomic E-state index is -1.04. The number of imide groups is 1. The minimum absolute atomic E-state index is 0.0414. The molecule has 1 aliphatic heterocycles. The molecule has 1 atom stereocenters. The molecule has 6 nitrogen and oxygen atoms in total. The lowest BCUT2D eigenvalue weighted by Gasteiger charge is -2.24. The Morgan fingerprint density at radius 3 is 3.17 bits per heavy atom. The number of amides is 2. The van der Waals surface area contributed by atoms with Crippen LogP contribution in [0.15, 0.2) is 11.4 Å². The summed E-state index contributed by atoms with van der Waals surface area (Å²) in [7, 11) is 0. The van der Waals surface area contributed by atoms with Crippen molar-refractivity contribution in [3.8, 4) is 0 Å². The zero-order chi connectivity index (χ0) is 13.1. The van der Waals surface area contributed by atoms with Crippen molar-refractivity contribution in [1.29, 1.82) is 0 Å². The Hall–Kier alpha value is -1.44. The largest absolute Gasteiger partial charge is 0.448 e. The van der Waals surface area contributed by atoms with E-state index in [4.69, 9.17) is 0 Å². The van der Waals surface area contributed by atoms with Gasteiger partial charge in [-0.2, -0.15) is 0 Å². The van der Waals surface area contributed by atoms with Crippen LogP contribution in [0.3, 0.4) is 0 Å². The maximum absolute atomic E-state index is 11.9. The van der Waals surface area contributed by atoms with Crippen LogP contribution in [0.4, 0.5) is 4.79 Å². The molecule has 0 aliphatic carbocycles. The van der Waals surface area contributed by atoms with Gasteiger partial charge in [-0.15, -0.1) is 16.4 Å². The van der Waals surface area contributed by atoms with Crippen LogP contribution in [0.25, 0.3) is 0 Å². The molecule has 7 heteroatoms. The van der Waals surface area contributed by atoms with E-state index in [-0.39, 0.29) is 11.7 Å². The molecule has 0 aromatic carbocycles. The van der Waals surface area contributed by atoms with Crippen LogP contribution in [0, 0.1) is 0 Å². The van der Waals surface area contributed by atoms with Crippen LogP contribution in [-0.2, 0) is 22.5 Å². The van der Waals surface area contributed by atoms with Gasteiger partial charge in [-0.1, -0.05) is 0 Å². The first-order chi connectivity index (χ1) is 8.63. The average Bonchev–Trinajstić information content (AvgIpc) is 2.84. The summed E-state index contributed by atoms with van der Waals surface area (Å²) in [5.41, 5.74) is 1.16. The fourth-order valence-electron chi connectivity index (χ4n) is 1.79. The van der Waals surface area contributed by atoms with Crippen LogP contribution >= 0.6 is 11.3 Å². The number of thiophene rings is 1. The van der Waals surface area contributed by atoms with Gasteiger partial charge in [0.15, 0.2) is 0 Å². The van der Waals surface area contributed by atoms with E-state index in [0.29, 0.717) is 13.0 Å². The van der Waals surface area contributed by atoms with Gasteiger partial charge >= 0.3 is 6.09 Å². The van der Waals surface area contributed by atoms with Crippen molar-refractivity contribution in [3.63, 3.8) is 0 Å². The molecule has 2 amide bonds. The molecule has 18 heavy (non-hydrogen) atoms. The summed E-state index contributed by atoms with van der Waals surface area (Å²) >= 11 is 1.57. The Balaban J connectivity index is 2.01. The summed E-state index contributed by atoms with van der Waals surface area (Å²) in [4.78, 5) is 24.2. The van der Waals surface area contributed by atoms with Gasteiger partial charge in [0, 0.05) is 17.8 Å². The summed E-state index contributed by atoms with van der Waals surface area (Å²) in [6.45, 7) is 2.27. The van der Waals surface area contributed by atoms with E-state index < -0.39 is 18.0 Å². The number of hydroxylamine groups is 2. The van der Waals surface area contributed by atoms with E-state index in [0.717, 1.165) is 10.4 Å². The van der Waals surface area contributed by atoms with Crippen molar-refractivity contribution in [1.82, 2.24) is 10.4 Å². The number of ether oxygens (including phenoxy) is 1. The molecule has 0 radical (unpaired) electrons. The highest BCUT2D eigenvalue weighted by molar-refractivity contribution is 7.10. The van der Waals surface area contributed by atoms with E-state index in [9.17, 15) is 14.8 Å². The van der Waals surface area contributed by atoms with E-state index in [1.54, 1.807) is 18.3 Å². The minimum Gasteiger partial charge on any atom is -0.448 e. The molecule has 2 heterocycles. The van der Waals surface area contributed by atoms with E-state index >= 15 is 0 Å². The number of fused-ring (bicyclic) bond motifs is 1. The number of rotatable bonds is 2. The zero-order valence-electron chi connectivity index (χ0n) is 9.88. The van der Waals surface area contributed by atoms with Gasteiger partial charge in [0.25, 0.3) is 5.91 Å². The fraction of sp³-hybridized carbons (Fsp3) is 0.455. The van der Waals surface area contributed by atoms with Crippen molar-refractivity contribution in [3.05, 3.63) is 21.9 Å². The van der Waals surface area contributed by atoms with Gasteiger partial charge in [0.2, 0.25) is 0 Å². The number of hydrogen-bond acceptors (Lipinski definition) is 6. The molecule has 1 aromatic heterocycles. The maximum atomic E-state index is 11.9. The lowest BCUT2D eigenvalue weighted by molar-refractivity contribution is -0.159. The first kappa shape index (κ1) is 13.0. The molecule has 0 saturated heterocycles. The second-order valence-electron chi connectivity index (χ2n) is 3.86. The summed E-state index contributed by atoms with van der Waals surface area (Å²) in [5, 5.41) is 14.4. The molecule has 1 aromatic rings. The Labute approximate surface area is 108 Å². The third-order valence-corrected chi connectivity index (χ3v) is 3.70. The molecule has 0 bridgehead atoms. The highest BCUT2D eigenvalue weighted by Crippen LogP contribution is 2.23. The summed E-state index contributed by atoms with van der Waals surface area (Å²) in [5.74, 6) is -0.687. The van der Waals surface area contributed by atoms with Crippen LogP contribution in [0.5, 0.6) is 0 Å². The maximum Gasteiger partial charge on any atom is 0.441 e. The van der Waals surface area contributed by atoms with Gasteiger partial charge in [-0.3, -0.25) is 10.0 Å². The Morgan fingerprint density at radius 1 is 1.67 bits per heavy atom. The summed E-state index contributed by atoms with van der Waals surface area (Å²) in [6.07, 6.45) is -0.566. The van der Waals surface area contributed by atoms with Gasteiger partial charge in [0.1, 0.15) is 0 Å². The molecule has 0 fully saturated rings. The Kier molecular flexibility index (Phi) is 3.95. The average molecular weight is 270 g/mol. The van der Waals surface area contributed by atoms with Crippen molar-refractivity contribution in [2.24, 2.45) is 0 Å². The molecular weight excluding hydrogens is 256 g/mol. The third kappa shape index (κ3) is 2.53. The predicted octanol–water partition coefficient (Wildman–Crippen LogP) is 1.14. The number of nitrogens with one attached hydrogen (secondary N) is 1. The van der Waals surface area contributed by atoms with Crippen LogP contribution in [-0.4, -0.2) is 34.9 Å². The topological polar surface area (TPSA) is 78.9 Å². The van der Waals surface area contributed by atoms with Gasteiger partial charge in [-0.05, 0) is 23.9 Å². The van der Waals surface area contributed by atoms with Crippen molar-refractivity contribution in [2.75, 3.05) is 6.61 Å². The standard InChI is InChI=1S/C11H14N2O4S/c1-2-17-11(15)13(16)10(14)8-5-9-7(6-12-8)3-4-18-9/h3-4,8,12,16H,2,5-6H2,1H3. The summed E-state index contributed by atoms with van der Waals surface area (Å²) in [6, 6.07) is 1.40. The monoisotopic (exact) mass is 270 g/mol. The van der Waals surface area contributed by atoms with Gasteiger partial charge in [-0.25, -0.2) is 4.79 Å². The highest BCUT2D eigenvalue weighted by atomic mass is 32.1. The Morgan fingerprint density at radius 2 is 2.44 bits per heavy atom. The molecule has 0 spiro atoms. The predicted molar refractivity (Wildman–Crippen MR) is 64.3 cm³/mol. The number of carbonyl (C=O) groups excluding carboxylic acids is 2. The van der Waals surface area contributed by atoms with Crippen LogP contribution in [0.1, 0.15) is 17.4 Å². The Bertz CT molecular complexity index is 460. The molecule has 1 unspecified atom stereocenters. The van der Waals surface area contributed by atoms with E-state index in [1.807, 2.05) is 11.4 Å². The van der Waals surface area contributed by atoms with E-state index in [2.05, 4.69) is 10.1 Å². The van der Waals surface area contributed by atoms with Crippen LogP contribution < -0.4 is 5.32 Å². The molecule has 2 N–H and O–H groups in total. The summed E-state index contributed by atoms with van der Waals surface area (Å²) < 4.78 is 4.56. The third-order valence-electron chi connectivity index (χ3n) is 2.71. The van der Waals surface area contributed by atoms with E-state index in [1.165, 1.54) is 0 Å². The zero-order valence-corrected chi connectivity index (χ0v) is 10.7. The number of carbonyl (C=O) groups is 2. The van der Waals surface area contributed by atoms with Crippen molar-refractivity contribution < 1.29 is 19.5 Å². The molecule has 0 saturated carbocycles. The molecule has 98 valence electrons. The number of hydrogen-bond donors (Lipinski definition) is 2. The van der Waals surface area contributed by atoms with Gasteiger partial charge < -0.3 is 10.1 Å². The van der Waals surface area contributed by atoms with Crippen molar-refractivity contribution >= 4 is 23.3 Å².